The quantitative estimate of drug-likeness (QED) is 0.387. The molecule has 21 heavy (non-hydrogen) atoms. The van der Waals surface area contributed by atoms with E-state index in [2.05, 4.69) is 20.7 Å². The molecule has 6 nitrogen and oxygen atoms in total. The fourth-order valence-corrected chi connectivity index (χ4v) is 2.07. The number of hydrogen-bond acceptors (Lipinski definition) is 5. The lowest BCUT2D eigenvalue weighted by molar-refractivity contribution is 0.0955. The van der Waals surface area contributed by atoms with Crippen LogP contribution in [0.5, 0.6) is 0 Å². The number of fused-ring (bicyclic) bond motifs is 1. The number of nitrogen functional groups attached to an aromatic ring is 1. The Balaban J connectivity index is 2.10. The first-order valence-electron chi connectivity index (χ1n) is 6.37. The minimum absolute atomic E-state index is 0.363. The Hall–Kier alpha value is -2.99. The molecule has 6 heteroatoms. The lowest BCUT2D eigenvalue weighted by atomic mass is 10.1. The average molecular weight is 279 g/mol. The van der Waals surface area contributed by atoms with Crippen molar-refractivity contribution >= 4 is 28.4 Å². The molecule has 0 spiro atoms. The highest BCUT2D eigenvalue weighted by molar-refractivity contribution is 6.06. The van der Waals surface area contributed by atoms with E-state index in [1.807, 2.05) is 42.5 Å². The summed E-state index contributed by atoms with van der Waals surface area (Å²) in [6, 6.07) is 14.5. The first-order chi connectivity index (χ1) is 10.3. The zero-order valence-corrected chi connectivity index (χ0v) is 11.1. The van der Waals surface area contributed by atoms with Gasteiger partial charge in [0.1, 0.15) is 11.6 Å². The number of anilines is 2. The topological polar surface area (TPSA) is 92.9 Å². The van der Waals surface area contributed by atoms with Crippen LogP contribution in [0.4, 0.5) is 11.6 Å². The zero-order valence-electron chi connectivity index (χ0n) is 11.1. The molecule has 0 aliphatic rings. The number of carbonyl (C=O) groups excluding carboxylic acids is 1. The van der Waals surface area contributed by atoms with Gasteiger partial charge in [0.15, 0.2) is 0 Å². The molecule has 0 fully saturated rings. The Kier molecular flexibility index (Phi) is 3.44. The summed E-state index contributed by atoms with van der Waals surface area (Å²) in [5.41, 5.74) is 3.32. The largest absolute Gasteiger partial charge is 0.325 e. The fourth-order valence-electron chi connectivity index (χ4n) is 2.07. The summed E-state index contributed by atoms with van der Waals surface area (Å²) in [6.07, 6.45) is 1.68. The van der Waals surface area contributed by atoms with Crippen LogP contribution >= 0.6 is 0 Å². The normalized spacial score (nSPS) is 10.3. The van der Waals surface area contributed by atoms with Crippen LogP contribution in [-0.4, -0.2) is 15.9 Å². The van der Waals surface area contributed by atoms with Crippen LogP contribution in [0.3, 0.4) is 0 Å². The molecule has 0 saturated carbocycles. The van der Waals surface area contributed by atoms with Crippen LogP contribution in [0, 0.1) is 0 Å². The van der Waals surface area contributed by atoms with Crippen LogP contribution in [0.15, 0.2) is 54.7 Å². The van der Waals surface area contributed by atoms with E-state index in [1.54, 1.807) is 12.3 Å². The summed E-state index contributed by atoms with van der Waals surface area (Å²) < 4.78 is 0. The maximum Gasteiger partial charge on any atom is 0.265 e. The van der Waals surface area contributed by atoms with Gasteiger partial charge in [-0.1, -0.05) is 24.3 Å². The molecule has 0 radical (unpaired) electrons. The van der Waals surface area contributed by atoms with Gasteiger partial charge in [0.25, 0.3) is 5.91 Å². The van der Waals surface area contributed by atoms with Crippen molar-refractivity contribution in [2.24, 2.45) is 5.84 Å². The maximum atomic E-state index is 11.9. The van der Waals surface area contributed by atoms with Gasteiger partial charge in [-0.25, -0.2) is 15.8 Å². The van der Waals surface area contributed by atoms with E-state index in [-0.39, 0.29) is 5.91 Å². The van der Waals surface area contributed by atoms with E-state index in [9.17, 15) is 4.79 Å². The molecule has 0 aliphatic carbocycles. The maximum absolute atomic E-state index is 11.9. The summed E-state index contributed by atoms with van der Waals surface area (Å²) in [7, 11) is 0. The second-order valence-corrected chi connectivity index (χ2v) is 4.39. The van der Waals surface area contributed by atoms with Crippen molar-refractivity contribution in [3.05, 3.63) is 60.3 Å². The van der Waals surface area contributed by atoms with Gasteiger partial charge in [-0.15, -0.1) is 0 Å². The molecule has 0 saturated heterocycles. The number of benzene rings is 1. The Morgan fingerprint density at radius 2 is 1.86 bits per heavy atom. The predicted octanol–water partition coefficient (Wildman–Crippen LogP) is 1.98. The molecule has 4 N–H and O–H groups in total. The van der Waals surface area contributed by atoms with Gasteiger partial charge >= 0.3 is 0 Å². The molecule has 2 aromatic heterocycles. The number of hydrazine groups is 1. The first-order valence-corrected chi connectivity index (χ1v) is 6.37. The summed E-state index contributed by atoms with van der Waals surface area (Å²) in [6.45, 7) is 0. The van der Waals surface area contributed by atoms with Gasteiger partial charge in [0.2, 0.25) is 0 Å². The second kappa shape index (κ2) is 5.56. The molecule has 1 amide bonds. The SMILES string of the molecule is NNC(=O)c1cc(Nc2ccccn2)nc2ccccc12. The van der Waals surface area contributed by atoms with E-state index in [0.29, 0.717) is 22.7 Å². The third kappa shape index (κ3) is 2.65. The molecule has 0 bridgehead atoms. The van der Waals surface area contributed by atoms with Gasteiger partial charge in [0, 0.05) is 11.6 Å². The number of pyridine rings is 2. The third-order valence-corrected chi connectivity index (χ3v) is 3.01. The number of para-hydroxylation sites is 1. The van der Waals surface area contributed by atoms with E-state index in [1.165, 1.54) is 0 Å². The number of carbonyl (C=O) groups is 1. The van der Waals surface area contributed by atoms with Crippen LogP contribution in [0.25, 0.3) is 10.9 Å². The highest BCUT2D eigenvalue weighted by Gasteiger charge is 2.12. The van der Waals surface area contributed by atoms with Gasteiger partial charge in [-0.3, -0.25) is 10.2 Å². The van der Waals surface area contributed by atoms with Crippen molar-refractivity contribution in [2.45, 2.75) is 0 Å². The highest BCUT2D eigenvalue weighted by Crippen LogP contribution is 2.22. The lowest BCUT2D eigenvalue weighted by Gasteiger charge is -2.09. The average Bonchev–Trinajstić information content (AvgIpc) is 2.54. The molecule has 3 aromatic rings. The van der Waals surface area contributed by atoms with Gasteiger partial charge in [-0.2, -0.15) is 0 Å². The molecule has 0 unspecified atom stereocenters. The van der Waals surface area contributed by atoms with Crippen LogP contribution in [-0.2, 0) is 0 Å². The third-order valence-electron chi connectivity index (χ3n) is 3.01. The zero-order chi connectivity index (χ0) is 14.7. The van der Waals surface area contributed by atoms with Crippen molar-refractivity contribution in [1.82, 2.24) is 15.4 Å². The minimum Gasteiger partial charge on any atom is -0.325 e. The standard InChI is InChI=1S/C15H13N5O/c16-20-15(21)11-9-14(19-13-7-3-4-8-17-13)18-12-6-2-1-5-10(11)12/h1-9H,16H2,(H,20,21)(H,17,18,19). The second-order valence-electron chi connectivity index (χ2n) is 4.39. The summed E-state index contributed by atoms with van der Waals surface area (Å²) >= 11 is 0. The summed E-state index contributed by atoms with van der Waals surface area (Å²) in [5, 5.41) is 3.81. The number of amides is 1. The van der Waals surface area contributed by atoms with E-state index < -0.39 is 0 Å². The van der Waals surface area contributed by atoms with Crippen molar-refractivity contribution in [3.8, 4) is 0 Å². The van der Waals surface area contributed by atoms with Crippen LogP contribution < -0.4 is 16.6 Å². The number of nitrogens with zero attached hydrogens (tertiary/aromatic N) is 2. The summed E-state index contributed by atoms with van der Waals surface area (Å²) in [4.78, 5) is 20.6. The number of nitrogens with one attached hydrogen (secondary N) is 2. The molecule has 3 rings (SSSR count). The highest BCUT2D eigenvalue weighted by atomic mass is 16.2. The van der Waals surface area contributed by atoms with Gasteiger partial charge in [-0.05, 0) is 24.3 Å². The van der Waals surface area contributed by atoms with Crippen LogP contribution in [0.2, 0.25) is 0 Å². The number of hydrogen-bond donors (Lipinski definition) is 3. The number of nitrogens with two attached hydrogens (primary N) is 1. The monoisotopic (exact) mass is 279 g/mol. The smallest absolute Gasteiger partial charge is 0.265 e. The molecule has 0 atom stereocenters. The molecular weight excluding hydrogens is 266 g/mol. The number of aromatic nitrogens is 2. The van der Waals surface area contributed by atoms with Gasteiger partial charge < -0.3 is 5.32 Å². The van der Waals surface area contributed by atoms with Crippen molar-refractivity contribution < 1.29 is 4.79 Å². The Morgan fingerprint density at radius 3 is 2.62 bits per heavy atom. The molecule has 1 aromatic carbocycles. The van der Waals surface area contributed by atoms with E-state index >= 15 is 0 Å². The van der Waals surface area contributed by atoms with Crippen molar-refractivity contribution in [3.63, 3.8) is 0 Å². The summed E-state index contributed by atoms with van der Waals surface area (Å²) in [5.74, 6) is 6.07. The molecule has 0 aliphatic heterocycles. The molecule has 2 heterocycles. The van der Waals surface area contributed by atoms with Crippen molar-refractivity contribution in [1.29, 1.82) is 0 Å². The molecular formula is C15H13N5O. The first kappa shape index (κ1) is 13.0. The fraction of sp³-hybridized carbons (Fsp3) is 0. The van der Waals surface area contributed by atoms with E-state index in [0.717, 1.165) is 5.39 Å². The minimum atomic E-state index is -0.363. The Bertz CT molecular complexity index is 788. The lowest BCUT2D eigenvalue weighted by Crippen LogP contribution is -2.30. The van der Waals surface area contributed by atoms with Crippen LogP contribution in [0.1, 0.15) is 10.4 Å². The molecule has 104 valence electrons. The van der Waals surface area contributed by atoms with Gasteiger partial charge in [0.05, 0.1) is 11.1 Å². The Labute approximate surface area is 121 Å². The van der Waals surface area contributed by atoms with Crippen molar-refractivity contribution in [2.75, 3.05) is 5.32 Å². The Morgan fingerprint density at radius 1 is 1.05 bits per heavy atom. The van der Waals surface area contributed by atoms with E-state index in [4.69, 9.17) is 5.84 Å². The number of rotatable bonds is 3. The predicted molar refractivity (Wildman–Crippen MR) is 80.9 cm³/mol.